The van der Waals surface area contributed by atoms with Crippen molar-refractivity contribution >= 4 is 0 Å². The van der Waals surface area contributed by atoms with Gasteiger partial charge in [-0.1, -0.05) is 0 Å². The number of hydrogen-bond donors (Lipinski definition) is 1. The summed E-state index contributed by atoms with van der Waals surface area (Å²) in [5.41, 5.74) is 0. The molecule has 16 heavy (non-hydrogen) atoms. The lowest BCUT2D eigenvalue weighted by molar-refractivity contribution is -0.0738. The first-order valence-corrected chi connectivity index (χ1v) is 5.47. The fourth-order valence-corrected chi connectivity index (χ4v) is 1.64. The molecule has 1 aliphatic rings. The van der Waals surface area contributed by atoms with Crippen LogP contribution in [0.15, 0.2) is 4.42 Å². The van der Waals surface area contributed by atoms with Crippen molar-refractivity contribution in [1.29, 1.82) is 0 Å². The van der Waals surface area contributed by atoms with Gasteiger partial charge in [0.1, 0.15) is 6.61 Å². The molecule has 6 heteroatoms. The Kier molecular flexibility index (Phi) is 3.87. The first kappa shape index (κ1) is 11.5. The minimum absolute atomic E-state index is 0.104. The lowest BCUT2D eigenvalue weighted by Crippen LogP contribution is -2.45. The third kappa shape index (κ3) is 3.26. The highest BCUT2D eigenvalue weighted by Gasteiger charge is 2.18. The van der Waals surface area contributed by atoms with E-state index in [4.69, 9.17) is 13.9 Å². The quantitative estimate of drug-likeness (QED) is 0.796. The molecule has 0 aliphatic carbocycles. The van der Waals surface area contributed by atoms with Crippen LogP contribution in [0.4, 0.5) is 0 Å². The van der Waals surface area contributed by atoms with Crippen LogP contribution >= 0.6 is 0 Å². The summed E-state index contributed by atoms with van der Waals surface area (Å²) in [6, 6.07) is 0. The van der Waals surface area contributed by atoms with Crippen molar-refractivity contribution < 1.29 is 13.9 Å². The van der Waals surface area contributed by atoms with Crippen LogP contribution in [0.2, 0.25) is 0 Å². The van der Waals surface area contributed by atoms with Gasteiger partial charge in [-0.3, -0.25) is 0 Å². The van der Waals surface area contributed by atoms with E-state index in [1.54, 1.807) is 6.92 Å². The molecule has 1 fully saturated rings. The number of aromatic nitrogens is 2. The average Bonchev–Trinajstić information content (AvgIpc) is 2.64. The van der Waals surface area contributed by atoms with E-state index in [9.17, 15) is 0 Å². The second-order valence-corrected chi connectivity index (χ2v) is 3.96. The molecule has 0 saturated carbocycles. The smallest absolute Gasteiger partial charge is 0.242 e. The van der Waals surface area contributed by atoms with Gasteiger partial charge in [0.05, 0.1) is 18.8 Å². The van der Waals surface area contributed by atoms with Crippen molar-refractivity contribution in [2.75, 3.05) is 19.7 Å². The zero-order valence-corrected chi connectivity index (χ0v) is 9.60. The van der Waals surface area contributed by atoms with Gasteiger partial charge in [0, 0.05) is 20.0 Å². The summed E-state index contributed by atoms with van der Waals surface area (Å²) >= 11 is 0. The van der Waals surface area contributed by atoms with E-state index in [1.165, 1.54) is 0 Å². The van der Waals surface area contributed by atoms with Gasteiger partial charge >= 0.3 is 0 Å². The molecule has 6 nitrogen and oxygen atoms in total. The van der Waals surface area contributed by atoms with E-state index >= 15 is 0 Å². The number of morpholine rings is 1. The van der Waals surface area contributed by atoms with Crippen molar-refractivity contribution in [2.45, 2.75) is 32.7 Å². The first-order valence-electron chi connectivity index (χ1n) is 5.47. The summed E-state index contributed by atoms with van der Waals surface area (Å²) in [4.78, 5) is 0. The van der Waals surface area contributed by atoms with Crippen LogP contribution in [0.5, 0.6) is 0 Å². The van der Waals surface area contributed by atoms with Crippen molar-refractivity contribution in [3.63, 3.8) is 0 Å². The Labute approximate surface area is 94.3 Å². The lowest BCUT2D eigenvalue weighted by Gasteiger charge is -2.28. The highest BCUT2D eigenvalue weighted by molar-refractivity contribution is 4.76. The largest absolute Gasteiger partial charge is 0.423 e. The van der Waals surface area contributed by atoms with Crippen LogP contribution in [0.3, 0.4) is 0 Å². The third-order valence-electron chi connectivity index (χ3n) is 2.33. The number of aryl methyl sites for hydroxylation is 1. The van der Waals surface area contributed by atoms with Gasteiger partial charge in [-0.2, -0.15) is 0 Å². The lowest BCUT2D eigenvalue weighted by atomic mass is 10.2. The molecular formula is C10H17N3O3. The van der Waals surface area contributed by atoms with Gasteiger partial charge in [0.2, 0.25) is 11.8 Å². The molecule has 2 heterocycles. The minimum Gasteiger partial charge on any atom is -0.423 e. The third-order valence-corrected chi connectivity index (χ3v) is 2.33. The Hall–Kier alpha value is -0.980. The SMILES string of the molecule is Cc1nnc(COCC2CNCC(C)O2)o1. The summed E-state index contributed by atoms with van der Waals surface area (Å²) in [5, 5.41) is 10.9. The van der Waals surface area contributed by atoms with Gasteiger partial charge in [0.15, 0.2) is 0 Å². The van der Waals surface area contributed by atoms with Crippen LogP contribution in [0.25, 0.3) is 0 Å². The molecule has 0 radical (unpaired) electrons. The molecule has 0 spiro atoms. The molecule has 1 saturated heterocycles. The van der Waals surface area contributed by atoms with E-state index in [2.05, 4.69) is 15.5 Å². The van der Waals surface area contributed by atoms with E-state index in [0.29, 0.717) is 25.0 Å². The van der Waals surface area contributed by atoms with Crippen LogP contribution < -0.4 is 5.32 Å². The molecule has 0 amide bonds. The Morgan fingerprint density at radius 3 is 3.00 bits per heavy atom. The van der Waals surface area contributed by atoms with Crippen LogP contribution in [-0.2, 0) is 16.1 Å². The van der Waals surface area contributed by atoms with Gasteiger partial charge in [-0.15, -0.1) is 10.2 Å². The fraction of sp³-hybridized carbons (Fsp3) is 0.800. The van der Waals surface area contributed by atoms with E-state index < -0.39 is 0 Å². The maximum atomic E-state index is 5.68. The zero-order valence-electron chi connectivity index (χ0n) is 9.60. The summed E-state index contributed by atoms with van der Waals surface area (Å²) in [6.45, 7) is 6.41. The molecule has 1 N–H and O–H groups in total. The molecule has 2 atom stereocenters. The minimum atomic E-state index is 0.104. The number of rotatable bonds is 4. The normalized spacial score (nSPS) is 25.9. The van der Waals surface area contributed by atoms with Crippen molar-refractivity contribution in [1.82, 2.24) is 15.5 Å². The van der Waals surface area contributed by atoms with E-state index in [0.717, 1.165) is 13.1 Å². The summed E-state index contributed by atoms with van der Waals surface area (Å²) < 4.78 is 16.3. The standard InChI is InChI=1S/C10H17N3O3/c1-7-3-11-4-9(15-7)5-14-6-10-13-12-8(2)16-10/h7,9,11H,3-6H2,1-2H3. The maximum Gasteiger partial charge on any atom is 0.242 e. The zero-order chi connectivity index (χ0) is 11.4. The van der Waals surface area contributed by atoms with Crippen molar-refractivity contribution in [3.8, 4) is 0 Å². The topological polar surface area (TPSA) is 69.4 Å². The van der Waals surface area contributed by atoms with Gasteiger partial charge in [-0.25, -0.2) is 0 Å². The summed E-state index contributed by atoms with van der Waals surface area (Å²) in [5.74, 6) is 1.07. The Morgan fingerprint density at radius 1 is 1.44 bits per heavy atom. The molecule has 0 bridgehead atoms. The summed E-state index contributed by atoms with van der Waals surface area (Å²) in [6.07, 6.45) is 0.348. The molecular weight excluding hydrogens is 210 g/mol. The van der Waals surface area contributed by atoms with Crippen LogP contribution in [0, 0.1) is 6.92 Å². The van der Waals surface area contributed by atoms with Crippen molar-refractivity contribution in [2.24, 2.45) is 0 Å². The monoisotopic (exact) mass is 227 g/mol. The van der Waals surface area contributed by atoms with Crippen LogP contribution in [-0.4, -0.2) is 42.1 Å². The Balaban J connectivity index is 1.67. The molecule has 1 aliphatic heterocycles. The number of hydrogen-bond acceptors (Lipinski definition) is 6. The molecule has 1 aromatic rings. The van der Waals surface area contributed by atoms with E-state index in [1.807, 2.05) is 6.92 Å². The Morgan fingerprint density at radius 2 is 2.31 bits per heavy atom. The molecule has 2 rings (SSSR count). The average molecular weight is 227 g/mol. The Bertz CT molecular complexity index is 329. The predicted molar refractivity (Wildman–Crippen MR) is 55.9 cm³/mol. The number of nitrogens with zero attached hydrogens (tertiary/aromatic N) is 2. The molecule has 1 aromatic heterocycles. The molecule has 90 valence electrons. The highest BCUT2D eigenvalue weighted by Crippen LogP contribution is 2.05. The molecule has 2 unspecified atom stereocenters. The fourth-order valence-electron chi connectivity index (χ4n) is 1.64. The van der Waals surface area contributed by atoms with E-state index in [-0.39, 0.29) is 12.2 Å². The first-order chi connectivity index (χ1) is 7.74. The van der Waals surface area contributed by atoms with Gasteiger partial charge in [-0.05, 0) is 6.92 Å². The summed E-state index contributed by atoms with van der Waals surface area (Å²) in [7, 11) is 0. The highest BCUT2D eigenvalue weighted by atomic mass is 16.5. The van der Waals surface area contributed by atoms with Crippen molar-refractivity contribution in [3.05, 3.63) is 11.8 Å². The predicted octanol–water partition coefficient (Wildman–Crippen LogP) is 0.272. The number of nitrogens with one attached hydrogen (secondary N) is 1. The molecule has 0 aromatic carbocycles. The van der Waals surface area contributed by atoms with Crippen LogP contribution in [0.1, 0.15) is 18.7 Å². The van der Waals surface area contributed by atoms with Gasteiger partial charge in [0.25, 0.3) is 0 Å². The number of ether oxygens (including phenoxy) is 2. The second-order valence-electron chi connectivity index (χ2n) is 3.96. The maximum absolute atomic E-state index is 5.68. The van der Waals surface area contributed by atoms with Gasteiger partial charge < -0.3 is 19.2 Å². The second kappa shape index (κ2) is 5.38.